The molecule has 0 fully saturated rings. The highest BCUT2D eigenvalue weighted by atomic mass is 16.7. The van der Waals surface area contributed by atoms with Crippen LogP contribution < -0.4 is 0 Å². The van der Waals surface area contributed by atoms with E-state index >= 15 is 0 Å². The second-order valence-corrected chi connectivity index (χ2v) is 4.99. The van der Waals surface area contributed by atoms with E-state index in [4.69, 9.17) is 14.7 Å². The number of ether oxygens (including phenoxy) is 2. The molecule has 0 rings (SSSR count). The fourth-order valence-electron chi connectivity index (χ4n) is 1.88. The molecule has 0 heterocycles. The number of hydrogen-bond acceptors (Lipinski definition) is 3. The van der Waals surface area contributed by atoms with E-state index in [1.54, 1.807) is 0 Å². The standard InChI is InChI=1S/C16H31NO2/c1-3-5-7-9-14-18-16(12-11-13-17)19-15-10-8-6-4-2/h16H,3-12,14-15H2,1-2H3. The summed E-state index contributed by atoms with van der Waals surface area (Å²) in [7, 11) is 0. The molecular formula is C16H31NO2. The molecule has 0 unspecified atom stereocenters. The summed E-state index contributed by atoms with van der Waals surface area (Å²) in [6.45, 7) is 5.92. The highest BCUT2D eigenvalue weighted by Gasteiger charge is 2.08. The van der Waals surface area contributed by atoms with Crippen molar-refractivity contribution < 1.29 is 9.47 Å². The van der Waals surface area contributed by atoms with Crippen LogP contribution >= 0.6 is 0 Å². The Hall–Kier alpha value is -0.590. The van der Waals surface area contributed by atoms with Crippen molar-refractivity contribution in [1.82, 2.24) is 0 Å². The third-order valence-corrected chi connectivity index (χ3v) is 3.10. The van der Waals surface area contributed by atoms with Gasteiger partial charge in [0.25, 0.3) is 0 Å². The van der Waals surface area contributed by atoms with E-state index in [1.165, 1.54) is 38.5 Å². The maximum atomic E-state index is 8.64. The van der Waals surface area contributed by atoms with E-state index in [-0.39, 0.29) is 6.29 Å². The van der Waals surface area contributed by atoms with Gasteiger partial charge in [0.2, 0.25) is 0 Å². The first-order valence-electron chi connectivity index (χ1n) is 7.95. The van der Waals surface area contributed by atoms with Crippen LogP contribution in [-0.4, -0.2) is 19.5 Å². The smallest absolute Gasteiger partial charge is 0.158 e. The Labute approximate surface area is 119 Å². The Kier molecular flexibility index (Phi) is 15.0. The van der Waals surface area contributed by atoms with Crippen molar-refractivity contribution in [1.29, 1.82) is 5.26 Å². The molecule has 0 saturated carbocycles. The first-order chi connectivity index (χ1) is 9.35. The number of nitriles is 1. The van der Waals surface area contributed by atoms with Crippen molar-refractivity contribution in [2.24, 2.45) is 0 Å². The van der Waals surface area contributed by atoms with Crippen molar-refractivity contribution in [2.45, 2.75) is 84.3 Å². The average Bonchev–Trinajstić information content (AvgIpc) is 2.43. The van der Waals surface area contributed by atoms with Crippen molar-refractivity contribution in [2.75, 3.05) is 13.2 Å². The molecule has 0 saturated heterocycles. The molecule has 0 N–H and O–H groups in total. The van der Waals surface area contributed by atoms with E-state index in [1.807, 2.05) is 0 Å². The van der Waals surface area contributed by atoms with Gasteiger partial charge in [0.15, 0.2) is 6.29 Å². The Morgan fingerprint density at radius 2 is 1.37 bits per heavy atom. The summed E-state index contributed by atoms with van der Waals surface area (Å²) in [6.07, 6.45) is 10.7. The molecule has 0 bridgehead atoms. The number of nitrogens with zero attached hydrogens (tertiary/aromatic N) is 1. The lowest BCUT2D eigenvalue weighted by atomic mass is 10.2. The molecule has 0 aromatic rings. The van der Waals surface area contributed by atoms with E-state index < -0.39 is 0 Å². The van der Waals surface area contributed by atoms with Crippen LogP contribution in [0.1, 0.15) is 78.1 Å². The molecule has 0 aliphatic rings. The predicted molar refractivity (Wildman–Crippen MR) is 78.8 cm³/mol. The molecule has 19 heavy (non-hydrogen) atoms. The van der Waals surface area contributed by atoms with Crippen molar-refractivity contribution >= 4 is 0 Å². The first kappa shape index (κ1) is 18.4. The van der Waals surface area contributed by atoms with Crippen LogP contribution in [0.5, 0.6) is 0 Å². The van der Waals surface area contributed by atoms with Gasteiger partial charge in [-0.25, -0.2) is 0 Å². The molecule has 0 atom stereocenters. The van der Waals surface area contributed by atoms with Gasteiger partial charge in [0.05, 0.1) is 6.07 Å². The monoisotopic (exact) mass is 269 g/mol. The lowest BCUT2D eigenvalue weighted by Crippen LogP contribution is -2.18. The summed E-state index contributed by atoms with van der Waals surface area (Å²) in [5.41, 5.74) is 0. The van der Waals surface area contributed by atoms with Gasteiger partial charge in [-0.05, 0) is 12.8 Å². The predicted octanol–water partition coefficient (Wildman–Crippen LogP) is 4.81. The highest BCUT2D eigenvalue weighted by Crippen LogP contribution is 2.09. The van der Waals surface area contributed by atoms with E-state index in [9.17, 15) is 0 Å². The molecule has 0 radical (unpaired) electrons. The van der Waals surface area contributed by atoms with Gasteiger partial charge < -0.3 is 9.47 Å². The second-order valence-electron chi connectivity index (χ2n) is 4.99. The third kappa shape index (κ3) is 13.6. The van der Waals surface area contributed by atoms with Crippen LogP contribution in [0.3, 0.4) is 0 Å². The topological polar surface area (TPSA) is 42.2 Å². The summed E-state index contributed by atoms with van der Waals surface area (Å²) in [4.78, 5) is 0. The molecule has 0 amide bonds. The Morgan fingerprint density at radius 1 is 0.842 bits per heavy atom. The van der Waals surface area contributed by atoms with Crippen LogP contribution in [0.15, 0.2) is 0 Å². The summed E-state index contributed by atoms with van der Waals surface area (Å²) in [6, 6.07) is 2.16. The zero-order valence-electron chi connectivity index (χ0n) is 12.8. The highest BCUT2D eigenvalue weighted by molar-refractivity contribution is 4.69. The van der Waals surface area contributed by atoms with Crippen molar-refractivity contribution in [3.05, 3.63) is 0 Å². The quantitative estimate of drug-likeness (QED) is 0.336. The Morgan fingerprint density at radius 3 is 1.79 bits per heavy atom. The third-order valence-electron chi connectivity index (χ3n) is 3.10. The summed E-state index contributed by atoms with van der Waals surface area (Å²) in [5.74, 6) is 0. The van der Waals surface area contributed by atoms with Gasteiger partial charge in [-0.2, -0.15) is 5.26 Å². The van der Waals surface area contributed by atoms with Gasteiger partial charge >= 0.3 is 0 Å². The maximum absolute atomic E-state index is 8.64. The van der Waals surface area contributed by atoms with Gasteiger partial charge in [-0.15, -0.1) is 0 Å². The van der Waals surface area contributed by atoms with Gasteiger partial charge in [0, 0.05) is 26.1 Å². The number of rotatable bonds is 14. The van der Waals surface area contributed by atoms with Crippen LogP contribution in [-0.2, 0) is 9.47 Å². The van der Waals surface area contributed by atoms with E-state index in [2.05, 4.69) is 19.9 Å². The minimum atomic E-state index is -0.178. The molecule has 0 aliphatic carbocycles. The van der Waals surface area contributed by atoms with Crippen LogP contribution in [0.2, 0.25) is 0 Å². The van der Waals surface area contributed by atoms with Crippen molar-refractivity contribution in [3.8, 4) is 6.07 Å². The molecule has 0 spiro atoms. The Bertz CT molecular complexity index is 199. The minimum absolute atomic E-state index is 0.178. The maximum Gasteiger partial charge on any atom is 0.158 e. The Balaban J connectivity index is 3.60. The molecule has 3 nitrogen and oxygen atoms in total. The van der Waals surface area contributed by atoms with E-state index in [0.29, 0.717) is 12.8 Å². The zero-order chi connectivity index (χ0) is 14.2. The fourth-order valence-corrected chi connectivity index (χ4v) is 1.88. The summed E-state index contributed by atoms with van der Waals surface area (Å²) in [5, 5.41) is 8.64. The molecular weight excluding hydrogens is 238 g/mol. The van der Waals surface area contributed by atoms with Crippen LogP contribution in [0, 0.1) is 11.3 Å². The van der Waals surface area contributed by atoms with Crippen LogP contribution in [0.4, 0.5) is 0 Å². The second kappa shape index (κ2) is 15.5. The van der Waals surface area contributed by atoms with Gasteiger partial charge in [0.1, 0.15) is 0 Å². The zero-order valence-corrected chi connectivity index (χ0v) is 12.8. The molecule has 0 aliphatic heterocycles. The minimum Gasteiger partial charge on any atom is -0.353 e. The normalized spacial score (nSPS) is 10.8. The molecule has 3 heteroatoms. The van der Waals surface area contributed by atoms with E-state index in [0.717, 1.165) is 26.1 Å². The SMILES string of the molecule is CCCCCCOC(CCC#N)OCCCCCC. The first-order valence-corrected chi connectivity index (χ1v) is 7.95. The summed E-state index contributed by atoms with van der Waals surface area (Å²) < 4.78 is 11.4. The van der Waals surface area contributed by atoms with Crippen LogP contribution in [0.25, 0.3) is 0 Å². The number of unbranched alkanes of at least 4 members (excludes halogenated alkanes) is 6. The lowest BCUT2D eigenvalue weighted by Gasteiger charge is -2.17. The van der Waals surface area contributed by atoms with Crippen molar-refractivity contribution in [3.63, 3.8) is 0 Å². The average molecular weight is 269 g/mol. The molecule has 0 aromatic heterocycles. The lowest BCUT2D eigenvalue weighted by molar-refractivity contribution is -0.146. The largest absolute Gasteiger partial charge is 0.353 e. The summed E-state index contributed by atoms with van der Waals surface area (Å²) >= 11 is 0. The fraction of sp³-hybridized carbons (Fsp3) is 0.938. The van der Waals surface area contributed by atoms with Gasteiger partial charge in [-0.3, -0.25) is 0 Å². The molecule has 0 aromatic carbocycles. The molecule has 112 valence electrons. The number of hydrogen-bond donors (Lipinski definition) is 0. The van der Waals surface area contributed by atoms with Gasteiger partial charge in [-0.1, -0.05) is 52.4 Å².